The standard InChI is InChI=1S/C17H12N8O5S/c26-15-7-14(25(29)30)6-3-12(15)8-18-22-10-19-23-16(22)20-21-17(23)31-9-11-1-4-13(5-2-11)24(27)28/h1-8,10,26H,9H2. The third-order valence-electron chi connectivity index (χ3n) is 4.14. The Morgan fingerprint density at radius 1 is 1.06 bits per heavy atom. The molecule has 14 heteroatoms. The fourth-order valence-electron chi connectivity index (χ4n) is 2.57. The van der Waals surface area contributed by atoms with Crippen molar-refractivity contribution in [3.8, 4) is 5.75 Å². The second-order valence-corrected chi connectivity index (χ2v) is 7.07. The number of thioether (sulfide) groups is 1. The van der Waals surface area contributed by atoms with Crippen LogP contribution in [0, 0.1) is 20.2 Å². The van der Waals surface area contributed by atoms with Crippen molar-refractivity contribution in [2.45, 2.75) is 10.9 Å². The predicted octanol–water partition coefficient (Wildman–Crippen LogP) is 2.62. The fraction of sp³-hybridized carbons (Fsp3) is 0.0588. The van der Waals surface area contributed by atoms with E-state index in [2.05, 4.69) is 20.4 Å². The second-order valence-electron chi connectivity index (χ2n) is 6.13. The molecule has 0 aliphatic carbocycles. The molecular formula is C17H12N8O5S. The summed E-state index contributed by atoms with van der Waals surface area (Å²) in [5.41, 5.74) is 0.948. The van der Waals surface area contributed by atoms with Gasteiger partial charge in [-0.25, -0.2) is 0 Å². The van der Waals surface area contributed by atoms with Crippen LogP contribution in [0.5, 0.6) is 5.75 Å². The van der Waals surface area contributed by atoms with E-state index >= 15 is 0 Å². The number of hydrogen-bond acceptors (Lipinski definition) is 10. The molecule has 0 bridgehead atoms. The number of phenols is 1. The summed E-state index contributed by atoms with van der Waals surface area (Å²) in [7, 11) is 0. The lowest BCUT2D eigenvalue weighted by atomic mass is 10.2. The molecule has 0 fully saturated rings. The van der Waals surface area contributed by atoms with E-state index < -0.39 is 9.85 Å². The van der Waals surface area contributed by atoms with E-state index in [0.29, 0.717) is 16.7 Å². The highest BCUT2D eigenvalue weighted by molar-refractivity contribution is 7.98. The predicted molar refractivity (Wildman–Crippen MR) is 109 cm³/mol. The molecule has 0 aliphatic rings. The number of nitro groups is 2. The van der Waals surface area contributed by atoms with Crippen molar-refractivity contribution in [3.63, 3.8) is 0 Å². The fourth-order valence-corrected chi connectivity index (χ4v) is 3.40. The van der Waals surface area contributed by atoms with Crippen LogP contribution in [0.4, 0.5) is 11.4 Å². The van der Waals surface area contributed by atoms with Crippen LogP contribution in [-0.2, 0) is 5.75 Å². The second kappa shape index (κ2) is 8.19. The first kappa shape index (κ1) is 20.0. The summed E-state index contributed by atoms with van der Waals surface area (Å²) in [6.45, 7) is 0. The Hall–Kier alpha value is -4.33. The number of nitro benzene ring substituents is 2. The van der Waals surface area contributed by atoms with Crippen LogP contribution < -0.4 is 0 Å². The maximum Gasteiger partial charge on any atom is 0.275 e. The normalized spacial score (nSPS) is 11.4. The molecule has 2 heterocycles. The highest BCUT2D eigenvalue weighted by Gasteiger charge is 2.13. The number of rotatable bonds is 7. The minimum absolute atomic E-state index is 0.0225. The summed E-state index contributed by atoms with van der Waals surface area (Å²) >= 11 is 1.35. The Labute approximate surface area is 176 Å². The molecule has 4 aromatic rings. The van der Waals surface area contributed by atoms with Gasteiger partial charge >= 0.3 is 0 Å². The lowest BCUT2D eigenvalue weighted by Gasteiger charge is -1.99. The van der Waals surface area contributed by atoms with E-state index in [9.17, 15) is 25.3 Å². The summed E-state index contributed by atoms with van der Waals surface area (Å²) in [6.07, 6.45) is 2.72. The van der Waals surface area contributed by atoms with Gasteiger partial charge in [-0.2, -0.15) is 19.4 Å². The van der Waals surface area contributed by atoms with Gasteiger partial charge < -0.3 is 5.11 Å². The van der Waals surface area contributed by atoms with E-state index in [4.69, 9.17) is 0 Å². The quantitative estimate of drug-likeness (QED) is 0.196. The average Bonchev–Trinajstić information content (AvgIpc) is 3.34. The van der Waals surface area contributed by atoms with Crippen molar-refractivity contribution >= 4 is 35.1 Å². The Morgan fingerprint density at radius 2 is 1.77 bits per heavy atom. The van der Waals surface area contributed by atoms with Crippen LogP contribution in [0.2, 0.25) is 0 Å². The number of non-ortho nitro benzene ring substituents is 2. The molecule has 2 aromatic heterocycles. The molecule has 0 saturated heterocycles. The van der Waals surface area contributed by atoms with Crippen LogP contribution in [0.1, 0.15) is 11.1 Å². The van der Waals surface area contributed by atoms with Crippen molar-refractivity contribution in [2.75, 3.05) is 0 Å². The molecule has 156 valence electrons. The number of benzene rings is 2. The third-order valence-corrected chi connectivity index (χ3v) is 5.13. The number of aromatic nitrogens is 5. The van der Waals surface area contributed by atoms with Crippen LogP contribution >= 0.6 is 11.8 Å². The van der Waals surface area contributed by atoms with E-state index in [1.165, 1.54) is 57.8 Å². The summed E-state index contributed by atoms with van der Waals surface area (Å²) < 4.78 is 2.81. The van der Waals surface area contributed by atoms with Crippen LogP contribution in [-0.4, -0.2) is 45.7 Å². The molecule has 31 heavy (non-hydrogen) atoms. The van der Waals surface area contributed by atoms with Gasteiger partial charge in [-0.1, -0.05) is 23.9 Å². The lowest BCUT2D eigenvalue weighted by Crippen LogP contribution is -1.93. The summed E-state index contributed by atoms with van der Waals surface area (Å²) in [4.78, 5) is 20.4. The summed E-state index contributed by atoms with van der Waals surface area (Å²) in [6, 6.07) is 9.88. The average molecular weight is 440 g/mol. The maximum atomic E-state index is 10.7. The summed E-state index contributed by atoms with van der Waals surface area (Å²) in [5.74, 6) is 0.546. The van der Waals surface area contributed by atoms with Gasteiger partial charge in [0.15, 0.2) is 0 Å². The Bertz CT molecular complexity index is 1310. The van der Waals surface area contributed by atoms with E-state index in [-0.39, 0.29) is 22.7 Å². The van der Waals surface area contributed by atoms with Gasteiger partial charge in [-0.3, -0.25) is 20.2 Å². The van der Waals surface area contributed by atoms with Gasteiger partial charge in [0, 0.05) is 29.5 Å². The van der Waals surface area contributed by atoms with Crippen molar-refractivity contribution in [1.82, 2.24) is 24.5 Å². The lowest BCUT2D eigenvalue weighted by molar-refractivity contribution is -0.385. The Kier molecular flexibility index (Phi) is 5.28. The third kappa shape index (κ3) is 4.18. The molecule has 0 radical (unpaired) electrons. The number of hydrogen-bond donors (Lipinski definition) is 1. The van der Waals surface area contributed by atoms with Gasteiger partial charge in [0.05, 0.1) is 22.1 Å². The first-order valence-corrected chi connectivity index (χ1v) is 9.57. The topological polar surface area (TPSA) is 167 Å². The van der Waals surface area contributed by atoms with E-state index in [1.54, 1.807) is 12.1 Å². The number of nitrogens with zero attached hydrogens (tertiary/aromatic N) is 8. The van der Waals surface area contributed by atoms with Crippen LogP contribution in [0.15, 0.2) is 59.0 Å². The van der Waals surface area contributed by atoms with Crippen LogP contribution in [0.25, 0.3) is 5.78 Å². The minimum Gasteiger partial charge on any atom is -0.507 e. The van der Waals surface area contributed by atoms with Gasteiger partial charge in [0.25, 0.3) is 17.2 Å². The molecule has 0 spiro atoms. The maximum absolute atomic E-state index is 10.7. The zero-order valence-corrected chi connectivity index (χ0v) is 16.3. The zero-order valence-electron chi connectivity index (χ0n) is 15.5. The van der Waals surface area contributed by atoms with Crippen molar-refractivity contribution in [3.05, 3.63) is 80.1 Å². The molecular weight excluding hydrogens is 428 g/mol. The van der Waals surface area contributed by atoms with Gasteiger partial charge in [-0.05, 0) is 11.6 Å². The number of phenolic OH excluding ortho intramolecular Hbond substituents is 1. The Morgan fingerprint density at radius 3 is 2.45 bits per heavy atom. The molecule has 4 rings (SSSR count). The first-order valence-electron chi connectivity index (χ1n) is 8.59. The molecule has 0 saturated carbocycles. The largest absolute Gasteiger partial charge is 0.507 e. The van der Waals surface area contributed by atoms with Gasteiger partial charge in [0.2, 0.25) is 5.16 Å². The molecule has 2 aromatic carbocycles. The number of aromatic hydroxyl groups is 1. The monoisotopic (exact) mass is 440 g/mol. The van der Waals surface area contributed by atoms with Crippen molar-refractivity contribution in [2.24, 2.45) is 5.10 Å². The first-order chi connectivity index (χ1) is 14.9. The summed E-state index contributed by atoms with van der Waals surface area (Å²) in [5, 5.41) is 48.3. The highest BCUT2D eigenvalue weighted by Crippen LogP contribution is 2.24. The van der Waals surface area contributed by atoms with Crippen LogP contribution in [0.3, 0.4) is 0 Å². The Balaban J connectivity index is 1.49. The number of fused-ring (bicyclic) bond motifs is 1. The zero-order chi connectivity index (χ0) is 22.0. The molecule has 0 unspecified atom stereocenters. The smallest absolute Gasteiger partial charge is 0.275 e. The molecule has 0 atom stereocenters. The van der Waals surface area contributed by atoms with E-state index in [1.807, 2.05) is 0 Å². The SMILES string of the molecule is O=[N+]([O-])c1ccc(CSc2nnc3n(N=Cc4ccc([N+](=O)[O-])cc4O)cnn23)cc1. The van der Waals surface area contributed by atoms with Crippen molar-refractivity contribution in [1.29, 1.82) is 0 Å². The van der Waals surface area contributed by atoms with Gasteiger partial charge in [-0.15, -0.1) is 10.2 Å². The minimum atomic E-state index is -0.605. The highest BCUT2D eigenvalue weighted by atomic mass is 32.2. The molecule has 13 nitrogen and oxygen atoms in total. The van der Waals surface area contributed by atoms with Crippen molar-refractivity contribution < 1.29 is 15.0 Å². The van der Waals surface area contributed by atoms with Gasteiger partial charge in [0.1, 0.15) is 12.1 Å². The molecule has 0 aliphatic heterocycles. The van der Waals surface area contributed by atoms with E-state index in [0.717, 1.165) is 11.6 Å². The molecule has 0 amide bonds. The molecule has 1 N–H and O–H groups in total.